The second-order valence-corrected chi connectivity index (χ2v) is 3.94. The van der Waals surface area contributed by atoms with Crippen LogP contribution in [-0.2, 0) is 9.53 Å². The first-order valence-electron chi connectivity index (χ1n) is 4.47. The van der Waals surface area contributed by atoms with Gasteiger partial charge in [0.2, 0.25) is 0 Å². The first-order chi connectivity index (χ1) is 6.39. The van der Waals surface area contributed by atoms with Crippen LogP contribution in [0.5, 0.6) is 0 Å². The Morgan fingerprint density at radius 1 is 1.57 bits per heavy atom. The van der Waals surface area contributed by atoms with Crippen LogP contribution in [0.1, 0.15) is 6.92 Å². The highest BCUT2D eigenvalue weighted by molar-refractivity contribution is 5.86. The molecule has 0 atom stereocenters. The molecular weight excluding hydrogens is 178 g/mol. The summed E-state index contributed by atoms with van der Waals surface area (Å²) in [5.41, 5.74) is 0.423. The van der Waals surface area contributed by atoms with Gasteiger partial charge in [-0.25, -0.2) is 4.79 Å². The Kier molecular flexibility index (Phi) is 4.96. The third kappa shape index (κ3) is 5.39. The van der Waals surface area contributed by atoms with E-state index in [-0.39, 0.29) is 5.97 Å². The molecule has 0 saturated carbocycles. The van der Waals surface area contributed by atoms with E-state index in [1.165, 1.54) is 0 Å². The molecule has 0 aliphatic carbocycles. The van der Waals surface area contributed by atoms with E-state index in [1.807, 2.05) is 14.1 Å². The fraction of sp³-hybridized carbons (Fsp3) is 0.545. The molecule has 0 bridgehead atoms. The van der Waals surface area contributed by atoms with Gasteiger partial charge in [-0.05, 0) is 12.8 Å². The standard InChI is InChI=1S/C11H18NO2/c1-6-7-12(4,5)8-9-14-11(13)10(2)3/h1H,2,7-9H2,3-5H3/q+1. The van der Waals surface area contributed by atoms with Crippen molar-refractivity contribution in [1.82, 2.24) is 0 Å². The Morgan fingerprint density at radius 3 is 2.57 bits per heavy atom. The van der Waals surface area contributed by atoms with Crippen LogP contribution in [0, 0.1) is 12.3 Å². The molecule has 3 heteroatoms. The van der Waals surface area contributed by atoms with Crippen molar-refractivity contribution in [1.29, 1.82) is 0 Å². The number of rotatable bonds is 5. The summed E-state index contributed by atoms with van der Waals surface area (Å²) in [5, 5.41) is 0. The normalized spacial score (nSPS) is 10.4. The summed E-state index contributed by atoms with van der Waals surface area (Å²) < 4.78 is 5.62. The molecule has 0 unspecified atom stereocenters. The summed E-state index contributed by atoms with van der Waals surface area (Å²) in [7, 11) is 3.99. The maximum atomic E-state index is 11.0. The van der Waals surface area contributed by atoms with Gasteiger partial charge in [0.1, 0.15) is 19.7 Å². The lowest BCUT2D eigenvalue weighted by molar-refractivity contribution is -0.883. The topological polar surface area (TPSA) is 26.3 Å². The maximum Gasteiger partial charge on any atom is 0.333 e. The highest BCUT2D eigenvalue weighted by Gasteiger charge is 2.14. The van der Waals surface area contributed by atoms with Crippen molar-refractivity contribution in [3.63, 3.8) is 0 Å². The largest absolute Gasteiger partial charge is 0.456 e. The smallest absolute Gasteiger partial charge is 0.333 e. The van der Waals surface area contributed by atoms with Crippen molar-refractivity contribution < 1.29 is 14.0 Å². The Balaban J connectivity index is 3.80. The second-order valence-electron chi connectivity index (χ2n) is 3.94. The number of carbonyl (C=O) groups excluding carboxylic acids is 1. The van der Waals surface area contributed by atoms with Crippen LogP contribution in [0.15, 0.2) is 12.2 Å². The number of ether oxygens (including phenoxy) is 1. The molecule has 0 fully saturated rings. The van der Waals surface area contributed by atoms with Gasteiger partial charge in [0.05, 0.1) is 14.1 Å². The Morgan fingerprint density at radius 2 is 2.14 bits per heavy atom. The number of quaternary nitrogens is 1. The minimum atomic E-state index is -0.342. The van der Waals surface area contributed by atoms with Gasteiger partial charge in [0.15, 0.2) is 0 Å². The van der Waals surface area contributed by atoms with E-state index in [1.54, 1.807) is 6.92 Å². The lowest BCUT2D eigenvalue weighted by atomic mass is 10.4. The van der Waals surface area contributed by atoms with Gasteiger partial charge in [0, 0.05) is 5.57 Å². The van der Waals surface area contributed by atoms with E-state index < -0.39 is 0 Å². The molecule has 0 radical (unpaired) electrons. The van der Waals surface area contributed by atoms with E-state index in [2.05, 4.69) is 12.5 Å². The van der Waals surface area contributed by atoms with Crippen LogP contribution >= 0.6 is 0 Å². The van der Waals surface area contributed by atoms with Gasteiger partial charge in [-0.15, -0.1) is 6.42 Å². The zero-order chi connectivity index (χ0) is 11.2. The van der Waals surface area contributed by atoms with Crippen LogP contribution in [0.4, 0.5) is 0 Å². The number of terminal acetylenes is 1. The molecule has 0 spiro atoms. The summed E-state index contributed by atoms with van der Waals surface area (Å²) in [6.45, 7) is 6.84. The average molecular weight is 196 g/mol. The summed E-state index contributed by atoms with van der Waals surface area (Å²) in [5.74, 6) is 2.24. The van der Waals surface area contributed by atoms with Gasteiger partial charge in [-0.3, -0.25) is 0 Å². The molecule has 0 aliphatic heterocycles. The third-order valence-corrected chi connectivity index (χ3v) is 1.80. The van der Waals surface area contributed by atoms with Crippen molar-refractivity contribution >= 4 is 5.97 Å². The zero-order valence-corrected chi connectivity index (χ0v) is 9.17. The number of nitrogens with zero attached hydrogens (tertiary/aromatic N) is 1. The predicted molar refractivity (Wildman–Crippen MR) is 56.4 cm³/mol. The maximum absolute atomic E-state index is 11.0. The highest BCUT2D eigenvalue weighted by Crippen LogP contribution is 1.97. The predicted octanol–water partition coefficient (Wildman–Crippen LogP) is 0.815. The number of hydrogen-bond donors (Lipinski definition) is 0. The van der Waals surface area contributed by atoms with E-state index in [9.17, 15) is 4.79 Å². The summed E-state index contributed by atoms with van der Waals surface area (Å²) >= 11 is 0. The van der Waals surface area contributed by atoms with Crippen molar-refractivity contribution in [2.24, 2.45) is 0 Å². The van der Waals surface area contributed by atoms with Gasteiger partial charge >= 0.3 is 5.97 Å². The molecule has 0 saturated heterocycles. The monoisotopic (exact) mass is 196 g/mol. The van der Waals surface area contributed by atoms with E-state index >= 15 is 0 Å². The number of likely N-dealkylation sites (N-methyl/N-ethyl adjacent to an activating group) is 1. The van der Waals surface area contributed by atoms with Crippen molar-refractivity contribution in [3.05, 3.63) is 12.2 Å². The summed E-state index contributed by atoms with van der Waals surface area (Å²) in [6, 6.07) is 0. The minimum Gasteiger partial charge on any atom is -0.456 e. The lowest BCUT2D eigenvalue weighted by Crippen LogP contribution is -2.42. The van der Waals surface area contributed by atoms with E-state index in [4.69, 9.17) is 11.2 Å². The molecule has 0 aromatic heterocycles. The minimum absolute atomic E-state index is 0.342. The van der Waals surface area contributed by atoms with Crippen molar-refractivity contribution in [2.45, 2.75) is 6.92 Å². The van der Waals surface area contributed by atoms with Crippen LogP contribution in [0.2, 0.25) is 0 Å². The van der Waals surface area contributed by atoms with Crippen molar-refractivity contribution in [3.8, 4) is 12.3 Å². The zero-order valence-electron chi connectivity index (χ0n) is 9.17. The molecule has 0 aliphatic rings. The Hall–Kier alpha value is -1.27. The SMILES string of the molecule is C#CC[N+](C)(C)CCOC(=O)C(=C)C. The van der Waals surface area contributed by atoms with Crippen LogP contribution < -0.4 is 0 Å². The Labute approximate surface area is 85.9 Å². The molecule has 0 N–H and O–H groups in total. The van der Waals surface area contributed by atoms with Gasteiger partial charge in [-0.1, -0.05) is 6.58 Å². The summed E-state index contributed by atoms with van der Waals surface area (Å²) in [6.07, 6.45) is 5.21. The fourth-order valence-corrected chi connectivity index (χ4v) is 0.835. The van der Waals surface area contributed by atoms with E-state index in [0.29, 0.717) is 29.8 Å². The molecule has 3 nitrogen and oxygen atoms in total. The average Bonchev–Trinajstić information content (AvgIpc) is 2.03. The quantitative estimate of drug-likeness (QED) is 0.281. The van der Waals surface area contributed by atoms with Crippen LogP contribution in [0.25, 0.3) is 0 Å². The first kappa shape index (κ1) is 12.7. The third-order valence-electron chi connectivity index (χ3n) is 1.80. The fourth-order valence-electron chi connectivity index (χ4n) is 0.835. The van der Waals surface area contributed by atoms with Crippen molar-refractivity contribution in [2.75, 3.05) is 33.8 Å². The molecule has 0 aromatic rings. The molecule has 0 amide bonds. The molecule has 0 heterocycles. The second kappa shape index (κ2) is 5.46. The molecule has 0 aromatic carbocycles. The van der Waals surface area contributed by atoms with Gasteiger partial charge in [-0.2, -0.15) is 0 Å². The number of carbonyl (C=O) groups is 1. The van der Waals surface area contributed by atoms with Crippen LogP contribution in [0.3, 0.4) is 0 Å². The summed E-state index contributed by atoms with van der Waals surface area (Å²) in [4.78, 5) is 11.0. The highest BCUT2D eigenvalue weighted by atomic mass is 16.5. The first-order valence-corrected chi connectivity index (χ1v) is 4.47. The van der Waals surface area contributed by atoms with Gasteiger partial charge in [0.25, 0.3) is 0 Å². The molecule has 14 heavy (non-hydrogen) atoms. The molecule has 0 rings (SSSR count). The lowest BCUT2D eigenvalue weighted by Gasteiger charge is -2.26. The molecule has 78 valence electrons. The molecular formula is C11H18NO2+. The Bertz CT molecular complexity index is 261. The van der Waals surface area contributed by atoms with E-state index in [0.717, 1.165) is 0 Å². The van der Waals surface area contributed by atoms with Crippen LogP contribution in [-0.4, -0.2) is 44.2 Å². The van der Waals surface area contributed by atoms with Gasteiger partial charge < -0.3 is 9.22 Å². The number of esters is 1. The number of hydrogen-bond acceptors (Lipinski definition) is 2.